The van der Waals surface area contributed by atoms with Crippen molar-refractivity contribution in [3.05, 3.63) is 41.5 Å². The fourth-order valence-electron chi connectivity index (χ4n) is 4.54. The van der Waals surface area contributed by atoms with Crippen LogP contribution in [0.2, 0.25) is 0 Å². The summed E-state index contributed by atoms with van der Waals surface area (Å²) in [5.41, 5.74) is 2.24. The van der Waals surface area contributed by atoms with Gasteiger partial charge in [0.05, 0.1) is 6.10 Å². The lowest BCUT2D eigenvalue weighted by atomic mass is 9.85. The van der Waals surface area contributed by atoms with Crippen molar-refractivity contribution in [3.8, 4) is 17.6 Å². The number of benzene rings is 1. The standard InChI is InChI=1S/C25H32O4/c1-4-5-8-16(2)17(3)13-14-19-21(26)15-22-24(19)20-11-6-9-18(25(20)29-22)10-7-12-23(27)28/h6,9,11,13-14,16-17,19,21-22,24,26H,7-8,10,12,15H2,1-3H3,(H,27,28)/b14-13+/t16?,17-,19+,21-,22+,24+/m1/s1. The van der Waals surface area contributed by atoms with Crippen LogP contribution in [0.5, 0.6) is 5.75 Å². The van der Waals surface area contributed by atoms with Gasteiger partial charge in [-0.1, -0.05) is 44.2 Å². The second-order valence-electron chi connectivity index (χ2n) is 8.50. The third-order valence-corrected chi connectivity index (χ3v) is 6.46. The highest BCUT2D eigenvalue weighted by atomic mass is 16.5. The number of hydrogen-bond acceptors (Lipinski definition) is 3. The number of aryl methyl sites for hydroxylation is 1. The highest BCUT2D eigenvalue weighted by Crippen LogP contribution is 2.52. The van der Waals surface area contributed by atoms with Crippen LogP contribution in [0.3, 0.4) is 0 Å². The Bertz CT molecular complexity index is 816. The highest BCUT2D eigenvalue weighted by Gasteiger charge is 2.48. The Hall–Kier alpha value is -2.25. The zero-order chi connectivity index (χ0) is 21.0. The summed E-state index contributed by atoms with van der Waals surface area (Å²) in [6.07, 6.45) is 6.99. The molecule has 29 heavy (non-hydrogen) atoms. The fraction of sp³-hybridized carbons (Fsp3) is 0.560. The fourth-order valence-corrected chi connectivity index (χ4v) is 4.54. The Kier molecular flexibility index (Phi) is 7.03. The number of fused-ring (bicyclic) bond motifs is 3. The molecule has 2 aliphatic rings. The molecule has 1 fully saturated rings. The molecule has 4 heteroatoms. The maximum Gasteiger partial charge on any atom is 0.303 e. The van der Waals surface area contributed by atoms with E-state index in [0.717, 1.165) is 23.3 Å². The molecule has 1 aromatic carbocycles. The Morgan fingerprint density at radius 3 is 2.90 bits per heavy atom. The van der Waals surface area contributed by atoms with Gasteiger partial charge in [-0.25, -0.2) is 0 Å². The summed E-state index contributed by atoms with van der Waals surface area (Å²) in [7, 11) is 0. The number of carboxylic acids is 1. The topological polar surface area (TPSA) is 66.8 Å². The summed E-state index contributed by atoms with van der Waals surface area (Å²) < 4.78 is 6.27. The minimum absolute atomic E-state index is 0.00559. The van der Waals surface area contributed by atoms with Crippen LogP contribution < -0.4 is 4.74 Å². The molecule has 1 unspecified atom stereocenters. The lowest BCUT2D eigenvalue weighted by molar-refractivity contribution is -0.137. The van der Waals surface area contributed by atoms with E-state index in [9.17, 15) is 9.90 Å². The van der Waals surface area contributed by atoms with Crippen LogP contribution in [0.25, 0.3) is 0 Å². The van der Waals surface area contributed by atoms with Crippen molar-refractivity contribution in [3.63, 3.8) is 0 Å². The van der Waals surface area contributed by atoms with Gasteiger partial charge in [0.25, 0.3) is 0 Å². The minimum atomic E-state index is -0.767. The zero-order valence-corrected chi connectivity index (χ0v) is 17.6. The van der Waals surface area contributed by atoms with Crippen molar-refractivity contribution in [2.45, 2.75) is 71.0 Å². The molecule has 3 rings (SSSR count). The number of rotatable bonds is 8. The van der Waals surface area contributed by atoms with Gasteiger partial charge in [-0.05, 0) is 37.2 Å². The lowest BCUT2D eigenvalue weighted by Gasteiger charge is -2.19. The first-order chi connectivity index (χ1) is 13.9. The van der Waals surface area contributed by atoms with Crippen LogP contribution in [0.4, 0.5) is 0 Å². The summed E-state index contributed by atoms with van der Waals surface area (Å²) in [5, 5.41) is 19.6. The van der Waals surface area contributed by atoms with E-state index < -0.39 is 12.1 Å². The summed E-state index contributed by atoms with van der Waals surface area (Å²) in [6.45, 7) is 6.29. The number of carbonyl (C=O) groups is 1. The number of ether oxygens (including phenoxy) is 1. The first-order valence-corrected chi connectivity index (χ1v) is 10.7. The Morgan fingerprint density at radius 1 is 1.38 bits per heavy atom. The van der Waals surface area contributed by atoms with Crippen LogP contribution in [0, 0.1) is 29.6 Å². The van der Waals surface area contributed by atoms with E-state index >= 15 is 0 Å². The van der Waals surface area contributed by atoms with Crippen molar-refractivity contribution in [1.82, 2.24) is 0 Å². The molecule has 4 nitrogen and oxygen atoms in total. The number of aliphatic hydroxyl groups excluding tert-OH is 1. The van der Waals surface area contributed by atoms with Crippen LogP contribution in [0.15, 0.2) is 30.4 Å². The molecule has 0 spiro atoms. The quantitative estimate of drug-likeness (QED) is 0.499. The van der Waals surface area contributed by atoms with Crippen molar-refractivity contribution < 1.29 is 19.7 Å². The SMILES string of the molecule is CC#CCC(C)[C@H](C)/C=C/[C@@H]1[C@H]2c3cccc(CCCC(=O)O)c3O[C@H]2C[C@H]1O. The first-order valence-electron chi connectivity index (χ1n) is 10.7. The van der Waals surface area contributed by atoms with E-state index in [2.05, 4.69) is 43.9 Å². The second-order valence-corrected chi connectivity index (χ2v) is 8.50. The molecule has 0 bridgehead atoms. The van der Waals surface area contributed by atoms with Crippen molar-refractivity contribution >= 4 is 5.97 Å². The van der Waals surface area contributed by atoms with Gasteiger partial charge >= 0.3 is 5.97 Å². The van der Waals surface area contributed by atoms with E-state index in [-0.39, 0.29) is 24.4 Å². The largest absolute Gasteiger partial charge is 0.489 e. The molecule has 0 saturated heterocycles. The van der Waals surface area contributed by atoms with E-state index in [4.69, 9.17) is 9.84 Å². The maximum atomic E-state index is 10.8. The number of carboxylic acid groups (broad SMARTS) is 1. The number of allylic oxidation sites excluding steroid dienone is 1. The molecule has 1 aliphatic carbocycles. The Morgan fingerprint density at radius 2 is 2.17 bits per heavy atom. The average molecular weight is 397 g/mol. The Balaban J connectivity index is 1.75. The van der Waals surface area contributed by atoms with Crippen LogP contribution in [0.1, 0.15) is 63.5 Å². The molecule has 0 aromatic heterocycles. The average Bonchev–Trinajstić information content (AvgIpc) is 3.19. The summed E-state index contributed by atoms with van der Waals surface area (Å²) in [6, 6.07) is 6.16. The normalized spacial score (nSPS) is 26.9. The molecule has 2 N–H and O–H groups in total. The summed E-state index contributed by atoms with van der Waals surface area (Å²) >= 11 is 0. The van der Waals surface area contributed by atoms with Crippen molar-refractivity contribution in [1.29, 1.82) is 0 Å². The molecular weight excluding hydrogens is 364 g/mol. The van der Waals surface area contributed by atoms with Crippen LogP contribution >= 0.6 is 0 Å². The van der Waals surface area contributed by atoms with Crippen molar-refractivity contribution in [2.75, 3.05) is 0 Å². The predicted molar refractivity (Wildman–Crippen MR) is 114 cm³/mol. The van der Waals surface area contributed by atoms with Crippen LogP contribution in [-0.2, 0) is 11.2 Å². The minimum Gasteiger partial charge on any atom is -0.489 e. The molecule has 0 amide bonds. The number of aliphatic carboxylic acids is 1. The predicted octanol–water partition coefficient (Wildman–Crippen LogP) is 4.56. The van der Waals surface area contributed by atoms with Crippen LogP contribution in [-0.4, -0.2) is 28.4 Å². The summed E-state index contributed by atoms with van der Waals surface area (Å²) in [4.78, 5) is 10.8. The van der Waals surface area contributed by atoms with E-state index in [1.54, 1.807) is 0 Å². The van der Waals surface area contributed by atoms with Gasteiger partial charge in [0, 0.05) is 36.7 Å². The first kappa shape index (κ1) is 21.5. The van der Waals surface area contributed by atoms with E-state index in [1.165, 1.54) is 0 Å². The second kappa shape index (κ2) is 9.50. The number of hydrogen-bond donors (Lipinski definition) is 2. The van der Waals surface area contributed by atoms with E-state index in [0.29, 0.717) is 31.1 Å². The third kappa shape index (κ3) is 4.85. The Labute approximate surface area is 174 Å². The molecule has 1 heterocycles. The lowest BCUT2D eigenvalue weighted by Crippen LogP contribution is -2.17. The summed E-state index contributed by atoms with van der Waals surface area (Å²) in [5.74, 6) is 7.34. The van der Waals surface area contributed by atoms with Gasteiger partial charge in [0.15, 0.2) is 0 Å². The molecule has 1 saturated carbocycles. The third-order valence-electron chi connectivity index (χ3n) is 6.46. The van der Waals surface area contributed by atoms with Gasteiger partial charge in [0.2, 0.25) is 0 Å². The molecule has 156 valence electrons. The maximum absolute atomic E-state index is 10.8. The number of para-hydroxylation sites is 1. The zero-order valence-electron chi connectivity index (χ0n) is 17.6. The van der Waals surface area contributed by atoms with E-state index in [1.807, 2.05) is 19.1 Å². The number of aliphatic hydroxyl groups is 1. The van der Waals surface area contributed by atoms with Crippen molar-refractivity contribution in [2.24, 2.45) is 17.8 Å². The van der Waals surface area contributed by atoms with Gasteiger partial charge in [0.1, 0.15) is 11.9 Å². The molecule has 0 radical (unpaired) electrons. The highest BCUT2D eigenvalue weighted by molar-refractivity contribution is 5.66. The van der Waals surface area contributed by atoms with Gasteiger partial charge < -0.3 is 14.9 Å². The molecule has 6 atom stereocenters. The smallest absolute Gasteiger partial charge is 0.303 e. The molecule has 1 aliphatic heterocycles. The molecule has 1 aromatic rings. The van der Waals surface area contributed by atoms with Gasteiger partial charge in [-0.2, -0.15) is 0 Å². The monoisotopic (exact) mass is 396 g/mol. The molecular formula is C25H32O4. The van der Waals surface area contributed by atoms with Gasteiger partial charge in [-0.3, -0.25) is 4.79 Å². The van der Waals surface area contributed by atoms with Gasteiger partial charge in [-0.15, -0.1) is 11.8 Å².